The van der Waals surface area contributed by atoms with Crippen molar-refractivity contribution in [2.24, 2.45) is 0 Å². The fourth-order valence-electron chi connectivity index (χ4n) is 2.51. The van der Waals surface area contributed by atoms with Crippen LogP contribution in [0.1, 0.15) is 20.3 Å². The highest BCUT2D eigenvalue weighted by Crippen LogP contribution is 2.26. The Morgan fingerprint density at radius 3 is 2.50 bits per heavy atom. The van der Waals surface area contributed by atoms with Gasteiger partial charge in [0.05, 0.1) is 5.52 Å². The molecule has 1 aromatic carbocycles. The summed E-state index contributed by atoms with van der Waals surface area (Å²) in [6.07, 6.45) is 3.00. The van der Waals surface area contributed by atoms with Gasteiger partial charge in [0.15, 0.2) is 0 Å². The Bertz CT molecular complexity index is 750. The van der Waals surface area contributed by atoms with Crippen LogP contribution in [0.15, 0.2) is 30.5 Å². The maximum atomic E-state index is 8.88. The van der Waals surface area contributed by atoms with Crippen molar-refractivity contribution >= 4 is 47.8 Å². The van der Waals surface area contributed by atoms with Crippen molar-refractivity contribution in [3.63, 3.8) is 0 Å². The topological polar surface area (TPSA) is 106 Å². The Labute approximate surface area is 175 Å². The van der Waals surface area contributed by atoms with Gasteiger partial charge < -0.3 is 24.9 Å². The minimum absolute atomic E-state index is 0.728. The summed E-state index contributed by atoms with van der Waals surface area (Å²) in [5.74, 6) is 2.42. The molecule has 158 valence electrons. The van der Waals surface area contributed by atoms with Gasteiger partial charge in [-0.25, -0.2) is 4.57 Å². The molecule has 0 saturated heterocycles. The Kier molecular flexibility index (Phi) is 12.0. The molecule has 0 fully saturated rings. The molecule has 28 heavy (non-hydrogen) atoms. The van der Waals surface area contributed by atoms with Crippen molar-refractivity contribution in [3.8, 4) is 0 Å². The summed E-state index contributed by atoms with van der Waals surface area (Å²) in [6, 6.07) is 7.89. The quantitative estimate of drug-likeness (QED) is 0.320. The number of aromatic nitrogens is 1. The van der Waals surface area contributed by atoms with Gasteiger partial charge in [-0.1, -0.05) is 25.4 Å². The lowest BCUT2D eigenvalue weighted by Gasteiger charge is -2.17. The van der Waals surface area contributed by atoms with Crippen LogP contribution in [0.25, 0.3) is 10.9 Å². The fourth-order valence-corrected chi connectivity index (χ4v) is 3.61. The highest BCUT2D eigenvalue weighted by molar-refractivity contribution is 7.99. The predicted molar refractivity (Wildman–Crippen MR) is 119 cm³/mol. The summed E-state index contributed by atoms with van der Waals surface area (Å²) >= 11 is 8.06. The molecule has 2 rings (SSSR count). The highest BCUT2D eigenvalue weighted by atomic mass is 35.5. The highest BCUT2D eigenvalue weighted by Gasteiger charge is 2.03. The number of fused-ring (bicyclic) bond motifs is 1. The van der Waals surface area contributed by atoms with Gasteiger partial charge in [-0.15, -0.1) is 0 Å². The predicted octanol–water partition coefficient (Wildman–Crippen LogP) is 3.84. The van der Waals surface area contributed by atoms with Gasteiger partial charge in [-0.3, -0.25) is 4.98 Å². The average Bonchev–Trinajstić information content (AvgIpc) is 2.62. The number of nitrogens with one attached hydrogen (secondary N) is 1. The summed E-state index contributed by atoms with van der Waals surface area (Å²) in [4.78, 5) is 28.4. The fraction of sp³-hybridized carbons (Fsp3) is 0.500. The smallest absolute Gasteiger partial charge is 0.384 e. The molecule has 0 radical (unpaired) electrons. The SMILES string of the molecule is CCN(CC)CCSCCCNc1ccnc2cc(Cl)ccc12.O=P(O)(O)O. The zero-order chi connectivity index (χ0) is 21.0. The van der Waals surface area contributed by atoms with Crippen LogP contribution in [0.4, 0.5) is 5.69 Å². The molecule has 0 saturated carbocycles. The van der Waals surface area contributed by atoms with E-state index in [0.29, 0.717) is 0 Å². The average molecular weight is 450 g/mol. The van der Waals surface area contributed by atoms with Gasteiger partial charge in [-0.2, -0.15) is 11.8 Å². The second-order valence-corrected chi connectivity index (χ2v) is 8.64. The number of halogens is 1. The standard InChI is InChI=1S/C18H26ClN3S.H3O4P/c1-3-22(4-2)11-13-23-12-5-9-20-17-8-10-21-18-14-15(19)6-7-16(17)18;1-5(2,3)4/h6-8,10,14H,3-5,9,11-13H2,1-2H3,(H,20,21);(H3,1,2,3,4). The minimum atomic E-state index is -4.64. The van der Waals surface area contributed by atoms with Gasteiger partial charge in [0, 0.05) is 41.1 Å². The maximum Gasteiger partial charge on any atom is 0.466 e. The third kappa shape index (κ3) is 11.2. The number of nitrogens with zero attached hydrogens (tertiary/aromatic N) is 2. The summed E-state index contributed by atoms with van der Waals surface area (Å²) in [5.41, 5.74) is 2.08. The Morgan fingerprint density at radius 2 is 1.86 bits per heavy atom. The molecule has 7 nitrogen and oxygen atoms in total. The zero-order valence-corrected chi connectivity index (χ0v) is 18.7. The molecule has 2 aromatic rings. The van der Waals surface area contributed by atoms with Gasteiger partial charge in [0.25, 0.3) is 0 Å². The molecule has 1 aromatic heterocycles. The van der Waals surface area contributed by atoms with Crippen molar-refractivity contribution in [2.45, 2.75) is 20.3 Å². The van der Waals surface area contributed by atoms with Gasteiger partial charge in [0.1, 0.15) is 0 Å². The zero-order valence-electron chi connectivity index (χ0n) is 16.2. The molecule has 0 aliphatic rings. The number of pyridine rings is 1. The van der Waals surface area contributed by atoms with Crippen LogP contribution in [-0.2, 0) is 4.57 Å². The van der Waals surface area contributed by atoms with E-state index < -0.39 is 7.82 Å². The molecule has 0 aliphatic heterocycles. The van der Waals surface area contributed by atoms with Crippen LogP contribution in [0.2, 0.25) is 5.02 Å². The van der Waals surface area contributed by atoms with E-state index in [-0.39, 0.29) is 0 Å². The molecule has 0 unspecified atom stereocenters. The number of rotatable bonds is 10. The molecule has 1 heterocycles. The molecule has 0 amide bonds. The van der Waals surface area contributed by atoms with Gasteiger partial charge in [-0.05, 0) is 49.5 Å². The van der Waals surface area contributed by atoms with Crippen LogP contribution in [0, 0.1) is 0 Å². The molecule has 4 N–H and O–H groups in total. The second kappa shape index (κ2) is 13.4. The van der Waals surface area contributed by atoms with Crippen LogP contribution in [0.5, 0.6) is 0 Å². The minimum Gasteiger partial charge on any atom is -0.384 e. The summed E-state index contributed by atoms with van der Waals surface area (Å²) in [5, 5.41) is 5.38. The lowest BCUT2D eigenvalue weighted by Crippen LogP contribution is -2.25. The van der Waals surface area contributed by atoms with E-state index in [2.05, 4.69) is 29.0 Å². The van der Waals surface area contributed by atoms with E-state index in [4.69, 9.17) is 30.8 Å². The Morgan fingerprint density at radius 1 is 1.18 bits per heavy atom. The normalized spacial score (nSPS) is 11.4. The first-order valence-electron chi connectivity index (χ1n) is 9.11. The second-order valence-electron chi connectivity index (χ2n) is 5.95. The Balaban J connectivity index is 0.000000696. The first-order chi connectivity index (χ1) is 13.2. The van der Waals surface area contributed by atoms with E-state index in [1.165, 1.54) is 24.5 Å². The van der Waals surface area contributed by atoms with Crippen molar-refractivity contribution in [2.75, 3.05) is 43.0 Å². The largest absolute Gasteiger partial charge is 0.466 e. The number of hydrogen-bond donors (Lipinski definition) is 4. The van der Waals surface area contributed by atoms with Crippen LogP contribution >= 0.6 is 31.2 Å². The Hall–Kier alpha value is -0.860. The van der Waals surface area contributed by atoms with Crippen molar-refractivity contribution in [1.82, 2.24) is 9.88 Å². The number of hydrogen-bond acceptors (Lipinski definition) is 5. The number of benzene rings is 1. The number of anilines is 1. The summed E-state index contributed by atoms with van der Waals surface area (Å²) in [6.45, 7) is 8.94. The van der Waals surface area contributed by atoms with Crippen LogP contribution < -0.4 is 5.32 Å². The van der Waals surface area contributed by atoms with Crippen LogP contribution in [-0.4, -0.2) is 62.2 Å². The monoisotopic (exact) mass is 449 g/mol. The summed E-state index contributed by atoms with van der Waals surface area (Å²) in [7, 11) is -4.64. The van der Waals surface area contributed by atoms with Gasteiger partial charge >= 0.3 is 7.82 Å². The molecule has 0 aliphatic carbocycles. The molecule has 0 atom stereocenters. The van der Waals surface area contributed by atoms with E-state index in [1.807, 2.05) is 42.2 Å². The molecule has 0 bridgehead atoms. The van der Waals surface area contributed by atoms with E-state index in [9.17, 15) is 0 Å². The number of thioether (sulfide) groups is 1. The van der Waals surface area contributed by atoms with E-state index >= 15 is 0 Å². The summed E-state index contributed by atoms with van der Waals surface area (Å²) < 4.78 is 8.88. The van der Waals surface area contributed by atoms with Gasteiger partial charge in [0.2, 0.25) is 0 Å². The van der Waals surface area contributed by atoms with Crippen molar-refractivity contribution < 1.29 is 19.2 Å². The third-order valence-electron chi connectivity index (χ3n) is 3.93. The molecular weight excluding hydrogens is 421 g/mol. The van der Waals surface area contributed by atoms with E-state index in [0.717, 1.165) is 41.2 Å². The lowest BCUT2D eigenvalue weighted by molar-refractivity contribution is 0.275. The first kappa shape index (κ1) is 25.2. The number of phosphoric acid groups is 1. The van der Waals surface area contributed by atoms with Crippen molar-refractivity contribution in [1.29, 1.82) is 0 Å². The first-order valence-corrected chi connectivity index (χ1v) is 12.2. The lowest BCUT2D eigenvalue weighted by atomic mass is 10.2. The van der Waals surface area contributed by atoms with Crippen molar-refractivity contribution in [3.05, 3.63) is 35.5 Å². The molecular formula is C18H29ClN3O4PS. The molecule has 0 spiro atoms. The molecule has 10 heteroatoms. The third-order valence-corrected chi connectivity index (χ3v) is 5.22. The maximum absolute atomic E-state index is 8.88. The van der Waals surface area contributed by atoms with Crippen LogP contribution in [0.3, 0.4) is 0 Å². The van der Waals surface area contributed by atoms with E-state index in [1.54, 1.807) is 0 Å².